The zero-order valence-corrected chi connectivity index (χ0v) is 11.2. The highest BCUT2D eigenvalue weighted by Crippen LogP contribution is 2.26. The lowest BCUT2D eigenvalue weighted by atomic mass is 10.2. The molecule has 0 bridgehead atoms. The van der Waals surface area contributed by atoms with E-state index in [1.165, 1.54) is 16.0 Å². The average molecular weight is 264 g/mol. The second kappa shape index (κ2) is 5.48. The summed E-state index contributed by atoms with van der Waals surface area (Å²) >= 11 is 7.63. The van der Waals surface area contributed by atoms with Crippen LogP contribution in [0.2, 0.25) is 5.02 Å². The van der Waals surface area contributed by atoms with Crippen molar-refractivity contribution >= 4 is 29.1 Å². The summed E-state index contributed by atoms with van der Waals surface area (Å²) < 4.78 is 0. The van der Waals surface area contributed by atoms with Gasteiger partial charge >= 0.3 is 0 Å². The fourth-order valence-corrected chi connectivity index (χ4v) is 2.75. The molecule has 0 saturated carbocycles. The number of nitrogens with two attached hydrogens (primary N) is 1. The summed E-state index contributed by atoms with van der Waals surface area (Å²) in [6, 6.07) is 14.1. The van der Waals surface area contributed by atoms with Crippen LogP contribution in [0.3, 0.4) is 0 Å². The SMILES string of the molecule is Cc1cc(N)cc(SCc2ccc(Cl)cc2)c1. The molecule has 0 saturated heterocycles. The number of rotatable bonds is 3. The Kier molecular flexibility index (Phi) is 3.97. The minimum absolute atomic E-state index is 0.776. The number of hydrogen-bond acceptors (Lipinski definition) is 2. The molecule has 0 atom stereocenters. The van der Waals surface area contributed by atoms with E-state index in [0.717, 1.165) is 16.5 Å². The Morgan fingerprint density at radius 2 is 1.82 bits per heavy atom. The van der Waals surface area contributed by atoms with Crippen LogP contribution < -0.4 is 5.73 Å². The van der Waals surface area contributed by atoms with Crippen molar-refractivity contribution in [2.24, 2.45) is 0 Å². The van der Waals surface area contributed by atoms with E-state index in [1.807, 2.05) is 24.3 Å². The van der Waals surface area contributed by atoms with Crippen molar-refractivity contribution in [2.45, 2.75) is 17.6 Å². The van der Waals surface area contributed by atoms with Gasteiger partial charge in [-0.1, -0.05) is 23.7 Å². The Labute approximate surface area is 111 Å². The van der Waals surface area contributed by atoms with Gasteiger partial charge < -0.3 is 5.73 Å². The molecule has 0 spiro atoms. The van der Waals surface area contributed by atoms with Crippen LogP contribution in [0.1, 0.15) is 11.1 Å². The topological polar surface area (TPSA) is 26.0 Å². The van der Waals surface area contributed by atoms with E-state index in [1.54, 1.807) is 11.8 Å². The molecule has 2 aromatic carbocycles. The van der Waals surface area contributed by atoms with Gasteiger partial charge in [-0.05, 0) is 48.4 Å². The first kappa shape index (κ1) is 12.3. The average Bonchev–Trinajstić information content (AvgIpc) is 2.27. The van der Waals surface area contributed by atoms with Crippen molar-refractivity contribution in [1.29, 1.82) is 0 Å². The molecule has 0 radical (unpaired) electrons. The summed E-state index contributed by atoms with van der Waals surface area (Å²) in [7, 11) is 0. The lowest BCUT2D eigenvalue weighted by molar-refractivity contribution is 1.34. The van der Waals surface area contributed by atoms with Crippen LogP contribution in [0, 0.1) is 6.92 Å². The van der Waals surface area contributed by atoms with Gasteiger partial charge in [-0.15, -0.1) is 11.8 Å². The number of anilines is 1. The predicted octanol–water partition coefficient (Wildman–Crippen LogP) is 4.52. The normalized spacial score (nSPS) is 10.5. The third-order valence-corrected chi connectivity index (χ3v) is 3.69. The fraction of sp³-hybridized carbons (Fsp3) is 0.143. The largest absolute Gasteiger partial charge is 0.399 e. The maximum Gasteiger partial charge on any atom is 0.0406 e. The first-order valence-electron chi connectivity index (χ1n) is 5.38. The van der Waals surface area contributed by atoms with E-state index in [0.29, 0.717) is 0 Å². The van der Waals surface area contributed by atoms with E-state index >= 15 is 0 Å². The Balaban J connectivity index is 2.04. The van der Waals surface area contributed by atoms with Gasteiger partial charge in [-0.2, -0.15) is 0 Å². The zero-order chi connectivity index (χ0) is 12.3. The molecule has 2 N–H and O–H groups in total. The quantitative estimate of drug-likeness (QED) is 0.651. The highest BCUT2D eigenvalue weighted by Gasteiger charge is 1.99. The van der Waals surface area contributed by atoms with Crippen molar-refractivity contribution in [2.75, 3.05) is 5.73 Å². The molecule has 0 unspecified atom stereocenters. The van der Waals surface area contributed by atoms with Crippen molar-refractivity contribution in [3.8, 4) is 0 Å². The van der Waals surface area contributed by atoms with Gasteiger partial charge in [0, 0.05) is 21.4 Å². The smallest absolute Gasteiger partial charge is 0.0406 e. The van der Waals surface area contributed by atoms with Gasteiger partial charge in [-0.25, -0.2) is 0 Å². The van der Waals surface area contributed by atoms with Crippen LogP contribution in [0.5, 0.6) is 0 Å². The van der Waals surface area contributed by atoms with E-state index < -0.39 is 0 Å². The highest BCUT2D eigenvalue weighted by atomic mass is 35.5. The van der Waals surface area contributed by atoms with Crippen molar-refractivity contribution in [1.82, 2.24) is 0 Å². The van der Waals surface area contributed by atoms with Crippen LogP contribution >= 0.6 is 23.4 Å². The van der Waals surface area contributed by atoms with E-state index in [2.05, 4.69) is 25.1 Å². The molecule has 0 heterocycles. The Morgan fingerprint density at radius 3 is 2.47 bits per heavy atom. The maximum atomic E-state index is 5.85. The van der Waals surface area contributed by atoms with Crippen molar-refractivity contribution in [3.63, 3.8) is 0 Å². The summed E-state index contributed by atoms with van der Waals surface area (Å²) in [5, 5.41) is 0.776. The molecular formula is C14H14ClNS. The molecule has 2 rings (SSSR count). The lowest BCUT2D eigenvalue weighted by Gasteiger charge is -2.05. The molecule has 0 aliphatic carbocycles. The summed E-state index contributed by atoms with van der Waals surface area (Å²) in [6.07, 6.45) is 0. The Bertz CT molecular complexity index is 488. The van der Waals surface area contributed by atoms with Crippen LogP contribution in [0.4, 0.5) is 5.69 Å². The highest BCUT2D eigenvalue weighted by molar-refractivity contribution is 7.98. The van der Waals surface area contributed by atoms with Crippen LogP contribution in [-0.2, 0) is 5.75 Å². The van der Waals surface area contributed by atoms with Gasteiger partial charge in [0.15, 0.2) is 0 Å². The van der Waals surface area contributed by atoms with Gasteiger partial charge in [0.25, 0.3) is 0 Å². The molecule has 17 heavy (non-hydrogen) atoms. The van der Waals surface area contributed by atoms with Gasteiger partial charge in [0.2, 0.25) is 0 Å². The third kappa shape index (κ3) is 3.69. The standard InChI is InChI=1S/C14H14ClNS/c1-10-6-13(16)8-14(7-10)17-9-11-2-4-12(15)5-3-11/h2-8H,9,16H2,1H3. The molecular weight excluding hydrogens is 250 g/mol. The molecule has 3 heteroatoms. The summed E-state index contributed by atoms with van der Waals surface area (Å²) in [6.45, 7) is 2.06. The minimum Gasteiger partial charge on any atom is -0.399 e. The molecule has 0 fully saturated rings. The molecule has 0 amide bonds. The third-order valence-electron chi connectivity index (χ3n) is 2.39. The number of aryl methyl sites for hydroxylation is 1. The van der Waals surface area contributed by atoms with Gasteiger partial charge in [0.05, 0.1) is 0 Å². The molecule has 88 valence electrons. The van der Waals surface area contributed by atoms with E-state index in [-0.39, 0.29) is 0 Å². The van der Waals surface area contributed by atoms with Crippen molar-refractivity contribution in [3.05, 3.63) is 58.6 Å². The zero-order valence-electron chi connectivity index (χ0n) is 9.61. The number of thioether (sulfide) groups is 1. The first-order chi connectivity index (χ1) is 8.13. The second-order valence-corrected chi connectivity index (χ2v) is 5.48. The Morgan fingerprint density at radius 1 is 1.12 bits per heavy atom. The van der Waals surface area contributed by atoms with Crippen LogP contribution in [-0.4, -0.2) is 0 Å². The van der Waals surface area contributed by atoms with Gasteiger partial charge in [-0.3, -0.25) is 0 Å². The monoisotopic (exact) mass is 263 g/mol. The molecule has 1 nitrogen and oxygen atoms in total. The number of hydrogen-bond donors (Lipinski definition) is 1. The van der Waals surface area contributed by atoms with E-state index in [4.69, 9.17) is 17.3 Å². The summed E-state index contributed by atoms with van der Waals surface area (Å²) in [4.78, 5) is 1.21. The molecule has 0 aliphatic heterocycles. The van der Waals surface area contributed by atoms with E-state index in [9.17, 15) is 0 Å². The lowest BCUT2D eigenvalue weighted by Crippen LogP contribution is -1.87. The second-order valence-electron chi connectivity index (χ2n) is 3.99. The number of benzene rings is 2. The Hall–Kier alpha value is -1.12. The molecule has 0 aromatic heterocycles. The summed E-state index contributed by atoms with van der Waals surface area (Å²) in [5.41, 5.74) is 9.10. The minimum atomic E-state index is 0.776. The van der Waals surface area contributed by atoms with Crippen LogP contribution in [0.15, 0.2) is 47.4 Å². The maximum absolute atomic E-state index is 5.85. The van der Waals surface area contributed by atoms with Crippen molar-refractivity contribution < 1.29 is 0 Å². The van der Waals surface area contributed by atoms with Gasteiger partial charge in [0.1, 0.15) is 0 Å². The number of nitrogen functional groups attached to an aromatic ring is 1. The predicted molar refractivity (Wildman–Crippen MR) is 76.6 cm³/mol. The van der Waals surface area contributed by atoms with Crippen LogP contribution in [0.25, 0.3) is 0 Å². The molecule has 0 aliphatic rings. The fourth-order valence-electron chi connectivity index (χ4n) is 1.61. The molecule has 2 aromatic rings. The summed E-state index contributed by atoms with van der Waals surface area (Å²) in [5.74, 6) is 0.931. The first-order valence-corrected chi connectivity index (χ1v) is 6.74. The number of halogens is 1.